The molecule has 20 aromatic carbocycles. The minimum absolute atomic E-state index is 0.0503. The zero-order valence-electron chi connectivity index (χ0n) is 78.1. The second-order valence-electron chi connectivity index (χ2n) is 42.1. The maximum atomic E-state index is 6.63. The van der Waals surface area contributed by atoms with Gasteiger partial charge in [0.05, 0.1) is 87.7 Å². The molecule has 0 amide bonds. The number of furan rings is 4. The van der Waals surface area contributed by atoms with Gasteiger partial charge in [0.1, 0.15) is 44.7 Å². The highest BCUT2D eigenvalue weighted by Gasteiger charge is 2.45. The molecule has 8 nitrogen and oxygen atoms in total. The minimum Gasteiger partial charge on any atom is -0.455 e. The van der Waals surface area contributed by atoms with Gasteiger partial charge in [-0.1, -0.05) is 304 Å². The molecular weight excluding hydrogens is 1710 g/mol. The lowest BCUT2D eigenvalue weighted by atomic mass is 9.80. The molecule has 0 unspecified atom stereocenters. The van der Waals surface area contributed by atoms with Crippen molar-refractivity contribution in [3.05, 3.63) is 408 Å². The van der Waals surface area contributed by atoms with Crippen LogP contribution in [0.4, 0.5) is 0 Å². The highest BCUT2D eigenvalue weighted by Crippen LogP contribution is 2.63. The molecule has 0 saturated heterocycles. The van der Waals surface area contributed by atoms with Crippen molar-refractivity contribution >= 4 is 240 Å². The largest absolute Gasteiger partial charge is 0.455 e. The summed E-state index contributed by atoms with van der Waals surface area (Å²) in [5.74, 6) is 0. The molecule has 0 N–H and O–H groups in total. The lowest BCUT2D eigenvalue weighted by Crippen LogP contribution is -2.15. The number of benzene rings is 20. The van der Waals surface area contributed by atoms with E-state index >= 15 is 0 Å². The summed E-state index contributed by atoms with van der Waals surface area (Å²) in [6.45, 7) is 19.0. The topological polar surface area (TPSA) is 70.2 Å². The van der Waals surface area contributed by atoms with Crippen LogP contribution in [0.15, 0.2) is 382 Å². The molecule has 4 aliphatic rings. The predicted molar refractivity (Wildman–Crippen MR) is 584 cm³/mol. The van der Waals surface area contributed by atoms with E-state index < -0.39 is 0 Å². The molecule has 0 atom stereocenters. The van der Waals surface area contributed by atoms with E-state index in [1.165, 1.54) is 284 Å². The summed E-state index contributed by atoms with van der Waals surface area (Å²) in [5, 5.41) is 30.2. The third-order valence-corrected chi connectivity index (χ3v) is 34.0. The van der Waals surface area contributed by atoms with Crippen molar-refractivity contribution in [2.75, 3.05) is 0 Å². The third kappa shape index (κ3) is 9.00. The van der Waals surface area contributed by atoms with Crippen LogP contribution < -0.4 is 0 Å². The first-order valence-electron chi connectivity index (χ1n) is 49.2. The van der Waals surface area contributed by atoms with Gasteiger partial charge in [0, 0.05) is 129 Å². The Morgan fingerprint density at radius 1 is 0.164 bits per heavy atom. The molecule has 140 heavy (non-hydrogen) atoms. The summed E-state index contributed by atoms with van der Waals surface area (Å²) in [4.78, 5) is 0. The van der Waals surface area contributed by atoms with Gasteiger partial charge in [-0.05, 0) is 204 Å². The fraction of sp³-hybridized carbons (Fsp3) is 0.0909. The van der Waals surface area contributed by atoms with Crippen LogP contribution in [-0.2, 0) is 21.7 Å². The Kier molecular flexibility index (Phi) is 14.0. The van der Waals surface area contributed by atoms with Crippen LogP contribution in [0.3, 0.4) is 0 Å². The van der Waals surface area contributed by atoms with Crippen LogP contribution in [0, 0.1) is 0 Å². The van der Waals surface area contributed by atoms with E-state index in [0.29, 0.717) is 0 Å². The van der Waals surface area contributed by atoms with Gasteiger partial charge in [-0.2, -0.15) is 0 Å². The molecule has 656 valence electrons. The Bertz CT molecular complexity index is 11300. The van der Waals surface area contributed by atoms with Gasteiger partial charge in [-0.3, -0.25) is 0 Å². The van der Waals surface area contributed by atoms with Gasteiger partial charge in [0.25, 0.3) is 0 Å². The number of rotatable bonds is 0. The first kappa shape index (κ1) is 76.0. The molecule has 12 heterocycles. The van der Waals surface area contributed by atoms with Crippen LogP contribution in [0.25, 0.3) is 285 Å². The number of nitrogens with zero attached hydrogens (tertiary/aromatic N) is 4. The highest BCUT2D eigenvalue weighted by atomic mass is 16.3. The van der Waals surface area contributed by atoms with Crippen LogP contribution in [0.2, 0.25) is 0 Å². The van der Waals surface area contributed by atoms with E-state index in [1.807, 2.05) is 6.07 Å². The first-order valence-corrected chi connectivity index (χ1v) is 49.2. The zero-order chi connectivity index (χ0) is 92.2. The number of hydrogen-bond acceptors (Lipinski definition) is 4. The van der Waals surface area contributed by atoms with E-state index in [1.54, 1.807) is 0 Å². The molecule has 0 radical (unpaired) electrons. The SMILES string of the molecule is CC1(C)c2ccccc2-c2c1cc1c3c4oc5ccccc5c4ccc3n3c4ccccc4c2c13.CC1(C)c2ccccc2-c2c1cc1c3ccccc3n3c4ccc5c6ccccc6oc5c4c2c13.CC1(C)c2ccccc2-c2cc3c4c5oc6ccccc6c5ccc4n4c5ccccc5c(c21)c34.CC1(C)c2ccccc2-c2ccc3c(c21)c1cccc2c4c5oc6ccccc6c5ccc4n3c12. The lowest BCUT2D eigenvalue weighted by molar-refractivity contribution is 0.661. The van der Waals surface area contributed by atoms with Crippen LogP contribution >= 0.6 is 0 Å². The van der Waals surface area contributed by atoms with Crippen LogP contribution in [0.5, 0.6) is 0 Å². The van der Waals surface area contributed by atoms with E-state index in [0.717, 1.165) is 44.7 Å². The van der Waals surface area contributed by atoms with Gasteiger partial charge in [-0.15, -0.1) is 0 Å². The van der Waals surface area contributed by atoms with Gasteiger partial charge in [-0.25, -0.2) is 0 Å². The summed E-state index contributed by atoms with van der Waals surface area (Å²) in [6, 6.07) is 133. The second-order valence-corrected chi connectivity index (χ2v) is 42.1. The summed E-state index contributed by atoms with van der Waals surface area (Å²) in [5.41, 5.74) is 44.9. The molecule has 8 heteroatoms. The standard InChI is InChI=1S/4C33H21NO/c1-33(2)23-12-6-3-10-20(23)28-24(33)17-22-29-26(34-25-13-7-4-11-21(25)30(28)31(22)34)16-15-19-18-9-5-8-14-27(18)35-32(19)29;1-33(2)23-12-6-3-11-21(23)28-24(33)17-22-18-9-4-7-13-25(18)34-26-16-15-20-19-10-5-8-14-27(19)35-32(20)29(26)30(28)31(22)34;1-33(2)24-12-6-3-9-18(24)22-17-23-28-26(16-15-20-19-10-5-8-14-27(19)35-32(20)28)34-25-13-7-4-11-21(25)29(30(22)33)31(23)34;1-33(2)24-12-5-3-8-18(24)20-14-16-25-28(30(20)33)22-10-7-11-23-29-26(34(25)31(22)23)17-15-21-19-9-4-6-13-27(19)35-32(21)29/h4*3-17H,1-2H3. The molecule has 0 bridgehead atoms. The molecule has 36 rings (SSSR count). The maximum absolute atomic E-state index is 6.63. The number of hydrogen-bond donors (Lipinski definition) is 0. The van der Waals surface area contributed by atoms with Crippen molar-refractivity contribution in [3.63, 3.8) is 0 Å². The van der Waals surface area contributed by atoms with Gasteiger partial charge >= 0.3 is 0 Å². The molecule has 0 spiro atoms. The normalized spacial score (nSPS) is 14.8. The van der Waals surface area contributed by atoms with E-state index in [2.05, 4.69) is 431 Å². The molecule has 0 fully saturated rings. The number of aromatic nitrogens is 4. The Morgan fingerprint density at radius 3 is 0.957 bits per heavy atom. The van der Waals surface area contributed by atoms with Crippen LogP contribution in [-0.4, -0.2) is 17.6 Å². The highest BCUT2D eigenvalue weighted by molar-refractivity contribution is 6.38. The van der Waals surface area contributed by atoms with E-state index in [4.69, 9.17) is 17.7 Å². The summed E-state index contributed by atoms with van der Waals surface area (Å²) in [7, 11) is 0. The van der Waals surface area contributed by atoms with Crippen molar-refractivity contribution in [1.82, 2.24) is 17.6 Å². The molecule has 12 aromatic heterocycles. The minimum atomic E-state index is -0.0666. The average Bonchev–Trinajstić information content (AvgIpc) is 1.50. The van der Waals surface area contributed by atoms with Crippen LogP contribution in [0.1, 0.15) is 99.9 Å². The van der Waals surface area contributed by atoms with Gasteiger partial charge in [0.2, 0.25) is 0 Å². The number of para-hydroxylation sites is 8. The molecular formula is C132H84N4O4. The van der Waals surface area contributed by atoms with E-state index in [9.17, 15) is 0 Å². The molecule has 32 aromatic rings. The van der Waals surface area contributed by atoms with Crippen molar-refractivity contribution in [3.8, 4) is 44.5 Å². The third-order valence-electron chi connectivity index (χ3n) is 34.0. The fourth-order valence-corrected chi connectivity index (χ4v) is 28.2. The fourth-order valence-electron chi connectivity index (χ4n) is 28.2. The number of fused-ring (bicyclic) bond motifs is 56. The molecule has 0 aliphatic heterocycles. The van der Waals surface area contributed by atoms with Crippen molar-refractivity contribution in [2.45, 2.75) is 77.0 Å². The smallest absolute Gasteiger partial charge is 0.145 e. The Hall–Kier alpha value is -17.2. The van der Waals surface area contributed by atoms with Gasteiger partial charge in [0.15, 0.2) is 0 Å². The Morgan fingerprint density at radius 2 is 0.471 bits per heavy atom. The Labute approximate surface area is 799 Å². The maximum Gasteiger partial charge on any atom is 0.145 e. The van der Waals surface area contributed by atoms with Crippen molar-refractivity contribution in [2.24, 2.45) is 0 Å². The lowest BCUT2D eigenvalue weighted by Gasteiger charge is -2.22. The average molecular weight is 1790 g/mol. The van der Waals surface area contributed by atoms with Gasteiger partial charge < -0.3 is 35.3 Å². The zero-order valence-corrected chi connectivity index (χ0v) is 78.1. The van der Waals surface area contributed by atoms with E-state index in [-0.39, 0.29) is 21.7 Å². The monoisotopic (exact) mass is 1790 g/mol. The predicted octanol–water partition coefficient (Wildman–Crippen LogP) is 36.2. The Balaban J connectivity index is 0.0000000829. The summed E-state index contributed by atoms with van der Waals surface area (Å²) >= 11 is 0. The quantitative estimate of drug-likeness (QED) is 0.152. The second kappa shape index (κ2) is 25.7. The molecule has 4 aliphatic carbocycles. The molecule has 0 saturated carbocycles. The summed E-state index contributed by atoms with van der Waals surface area (Å²) in [6.07, 6.45) is 0. The first-order chi connectivity index (χ1) is 68.6. The summed E-state index contributed by atoms with van der Waals surface area (Å²) < 4.78 is 36.1. The van der Waals surface area contributed by atoms with Crippen molar-refractivity contribution in [1.29, 1.82) is 0 Å². The van der Waals surface area contributed by atoms with Crippen molar-refractivity contribution < 1.29 is 17.7 Å².